The standard InChI is InChI=1S/C14H15BrN2O3S2/c15-12-5-1-2-6-13(12)22(19,20)17-8-7-14(18)16-10-11-4-3-9-21-11/h1-6,9,17H,7-8,10H2,(H,16,18). The van der Waals surface area contributed by atoms with E-state index in [1.165, 1.54) is 6.07 Å². The average Bonchev–Trinajstić information content (AvgIpc) is 2.98. The van der Waals surface area contributed by atoms with E-state index in [1.54, 1.807) is 29.5 Å². The third-order valence-electron chi connectivity index (χ3n) is 2.81. The summed E-state index contributed by atoms with van der Waals surface area (Å²) in [6, 6.07) is 10.4. The first kappa shape index (κ1) is 17.1. The molecule has 0 saturated heterocycles. The van der Waals surface area contributed by atoms with Crippen LogP contribution in [0, 0.1) is 0 Å². The molecule has 0 aliphatic heterocycles. The Hall–Kier alpha value is -1.22. The van der Waals surface area contributed by atoms with Crippen molar-refractivity contribution in [2.24, 2.45) is 0 Å². The lowest BCUT2D eigenvalue weighted by atomic mass is 10.4. The second-order valence-electron chi connectivity index (χ2n) is 4.43. The maximum Gasteiger partial charge on any atom is 0.241 e. The predicted molar refractivity (Wildman–Crippen MR) is 90.1 cm³/mol. The van der Waals surface area contributed by atoms with Crippen LogP contribution in [-0.2, 0) is 21.4 Å². The quantitative estimate of drug-likeness (QED) is 0.746. The number of hydrogen-bond donors (Lipinski definition) is 2. The molecule has 1 heterocycles. The highest BCUT2D eigenvalue weighted by Gasteiger charge is 2.16. The monoisotopic (exact) mass is 402 g/mol. The minimum absolute atomic E-state index is 0.0555. The maximum atomic E-state index is 12.1. The molecule has 2 N–H and O–H groups in total. The van der Waals surface area contributed by atoms with E-state index in [2.05, 4.69) is 26.0 Å². The normalized spacial score (nSPS) is 11.3. The van der Waals surface area contributed by atoms with E-state index < -0.39 is 10.0 Å². The molecule has 0 saturated carbocycles. The highest BCUT2D eigenvalue weighted by Crippen LogP contribution is 2.20. The van der Waals surface area contributed by atoms with Gasteiger partial charge in [0.2, 0.25) is 15.9 Å². The van der Waals surface area contributed by atoms with Gasteiger partial charge in [0.05, 0.1) is 11.4 Å². The number of rotatable bonds is 7. The van der Waals surface area contributed by atoms with Gasteiger partial charge in [-0.2, -0.15) is 0 Å². The summed E-state index contributed by atoms with van der Waals surface area (Å²) in [4.78, 5) is 12.9. The van der Waals surface area contributed by atoms with E-state index in [0.717, 1.165) is 4.88 Å². The number of thiophene rings is 1. The van der Waals surface area contributed by atoms with E-state index in [-0.39, 0.29) is 23.8 Å². The van der Waals surface area contributed by atoms with E-state index in [4.69, 9.17) is 0 Å². The van der Waals surface area contributed by atoms with Gasteiger partial charge in [-0.3, -0.25) is 4.79 Å². The second kappa shape index (κ2) is 7.87. The van der Waals surface area contributed by atoms with Crippen molar-refractivity contribution < 1.29 is 13.2 Å². The van der Waals surface area contributed by atoms with E-state index in [1.807, 2.05) is 17.5 Å². The zero-order valence-corrected chi connectivity index (χ0v) is 14.8. The molecule has 0 aliphatic rings. The Morgan fingerprint density at radius 1 is 1.18 bits per heavy atom. The van der Waals surface area contributed by atoms with Crippen LogP contribution < -0.4 is 10.0 Å². The first-order valence-corrected chi connectivity index (χ1v) is 9.68. The number of benzene rings is 1. The Bertz CT molecular complexity index is 730. The van der Waals surface area contributed by atoms with Crippen LogP contribution in [0.3, 0.4) is 0 Å². The number of carbonyl (C=O) groups excluding carboxylic acids is 1. The van der Waals surface area contributed by atoms with E-state index in [0.29, 0.717) is 11.0 Å². The first-order chi connectivity index (χ1) is 10.5. The number of sulfonamides is 1. The summed E-state index contributed by atoms with van der Waals surface area (Å²) >= 11 is 4.76. The van der Waals surface area contributed by atoms with Crippen LogP contribution in [-0.4, -0.2) is 20.9 Å². The van der Waals surface area contributed by atoms with Crippen molar-refractivity contribution in [3.05, 3.63) is 51.1 Å². The van der Waals surface area contributed by atoms with Crippen LogP contribution in [0.1, 0.15) is 11.3 Å². The Morgan fingerprint density at radius 2 is 1.95 bits per heavy atom. The number of nitrogens with one attached hydrogen (secondary N) is 2. The highest BCUT2D eigenvalue weighted by molar-refractivity contribution is 9.10. The first-order valence-electron chi connectivity index (χ1n) is 6.52. The second-order valence-corrected chi connectivity index (χ2v) is 8.06. The summed E-state index contributed by atoms with van der Waals surface area (Å²) < 4.78 is 27.1. The Morgan fingerprint density at radius 3 is 2.64 bits per heavy atom. The van der Waals surface area contributed by atoms with Crippen LogP contribution >= 0.6 is 27.3 Å². The van der Waals surface area contributed by atoms with Gasteiger partial charge in [0.25, 0.3) is 0 Å². The fraction of sp³-hybridized carbons (Fsp3) is 0.214. The third kappa shape index (κ3) is 4.91. The van der Waals surface area contributed by atoms with Gasteiger partial charge in [-0.15, -0.1) is 11.3 Å². The lowest BCUT2D eigenvalue weighted by Gasteiger charge is -2.08. The summed E-state index contributed by atoms with van der Waals surface area (Å²) in [6.07, 6.45) is 0.0923. The Kier molecular flexibility index (Phi) is 6.13. The molecule has 0 fully saturated rings. The summed E-state index contributed by atoms with van der Waals surface area (Å²) in [5, 5.41) is 4.69. The largest absolute Gasteiger partial charge is 0.351 e. The number of carbonyl (C=O) groups is 1. The van der Waals surface area contributed by atoms with Gasteiger partial charge in [-0.05, 0) is 39.5 Å². The number of halogens is 1. The van der Waals surface area contributed by atoms with Crippen LogP contribution in [0.25, 0.3) is 0 Å². The molecule has 2 rings (SSSR count). The van der Waals surface area contributed by atoms with Crippen molar-refractivity contribution in [3.8, 4) is 0 Å². The molecule has 5 nitrogen and oxygen atoms in total. The van der Waals surface area contributed by atoms with Crippen molar-refractivity contribution in [3.63, 3.8) is 0 Å². The molecule has 0 spiro atoms. The summed E-state index contributed by atoms with van der Waals surface area (Å²) in [7, 11) is -3.62. The molecule has 0 unspecified atom stereocenters. The van der Waals surface area contributed by atoms with Gasteiger partial charge in [0.15, 0.2) is 0 Å². The minimum Gasteiger partial charge on any atom is -0.351 e. The Balaban J connectivity index is 1.80. The highest BCUT2D eigenvalue weighted by atomic mass is 79.9. The molecule has 0 atom stereocenters. The Labute approximate surface area is 141 Å². The molecule has 0 aliphatic carbocycles. The fourth-order valence-corrected chi connectivity index (χ4v) is 4.40. The van der Waals surface area contributed by atoms with Gasteiger partial charge in [0, 0.05) is 22.3 Å². The van der Waals surface area contributed by atoms with Crippen LogP contribution in [0.15, 0.2) is 51.1 Å². The van der Waals surface area contributed by atoms with Gasteiger partial charge in [-0.1, -0.05) is 18.2 Å². The molecule has 118 valence electrons. The summed E-state index contributed by atoms with van der Waals surface area (Å²) in [5.41, 5.74) is 0. The molecule has 2 aromatic rings. The van der Waals surface area contributed by atoms with Crippen molar-refractivity contribution in [2.75, 3.05) is 6.54 Å². The molecule has 0 radical (unpaired) electrons. The summed E-state index contributed by atoms with van der Waals surface area (Å²) in [6.45, 7) is 0.521. The van der Waals surface area contributed by atoms with Crippen LogP contribution in [0.5, 0.6) is 0 Å². The number of hydrogen-bond acceptors (Lipinski definition) is 4. The predicted octanol–water partition coefficient (Wildman–Crippen LogP) is 2.50. The van der Waals surface area contributed by atoms with Gasteiger partial charge in [-0.25, -0.2) is 13.1 Å². The minimum atomic E-state index is -3.62. The molecular formula is C14H15BrN2O3S2. The molecule has 1 aromatic heterocycles. The molecule has 1 amide bonds. The smallest absolute Gasteiger partial charge is 0.241 e. The maximum absolute atomic E-state index is 12.1. The van der Waals surface area contributed by atoms with E-state index >= 15 is 0 Å². The topological polar surface area (TPSA) is 75.3 Å². The van der Waals surface area contributed by atoms with Gasteiger partial charge >= 0.3 is 0 Å². The third-order valence-corrected chi connectivity index (χ3v) is 6.16. The average molecular weight is 403 g/mol. The lowest BCUT2D eigenvalue weighted by Crippen LogP contribution is -2.30. The molecule has 22 heavy (non-hydrogen) atoms. The van der Waals surface area contributed by atoms with Crippen LogP contribution in [0.2, 0.25) is 0 Å². The number of amides is 1. The van der Waals surface area contributed by atoms with Gasteiger partial charge < -0.3 is 5.32 Å². The molecular weight excluding hydrogens is 388 g/mol. The molecule has 1 aromatic carbocycles. The SMILES string of the molecule is O=C(CCNS(=O)(=O)c1ccccc1Br)NCc1cccs1. The fourth-order valence-electron chi connectivity index (χ4n) is 1.73. The van der Waals surface area contributed by atoms with Crippen molar-refractivity contribution in [1.82, 2.24) is 10.0 Å². The lowest BCUT2D eigenvalue weighted by molar-refractivity contribution is -0.121. The molecule has 8 heteroatoms. The van der Waals surface area contributed by atoms with E-state index in [9.17, 15) is 13.2 Å². The summed E-state index contributed by atoms with van der Waals surface area (Å²) in [5.74, 6) is -0.191. The zero-order valence-electron chi connectivity index (χ0n) is 11.6. The van der Waals surface area contributed by atoms with Crippen molar-refractivity contribution in [1.29, 1.82) is 0 Å². The van der Waals surface area contributed by atoms with Crippen molar-refractivity contribution in [2.45, 2.75) is 17.9 Å². The van der Waals surface area contributed by atoms with Crippen LogP contribution in [0.4, 0.5) is 0 Å². The van der Waals surface area contributed by atoms with Gasteiger partial charge in [0.1, 0.15) is 0 Å². The molecule has 0 bridgehead atoms. The van der Waals surface area contributed by atoms with Crippen molar-refractivity contribution >= 4 is 43.2 Å². The zero-order chi connectivity index (χ0) is 16.0.